The Kier molecular flexibility index (Phi) is 4.04. The zero-order valence-electron chi connectivity index (χ0n) is 12.0. The summed E-state index contributed by atoms with van der Waals surface area (Å²) >= 11 is 0. The minimum absolute atomic E-state index is 0.107. The van der Waals surface area contributed by atoms with E-state index in [1.807, 2.05) is 36.4 Å². The molecular formula is C17H19NO3. The number of hydrogen-bond acceptors (Lipinski definition) is 3. The largest absolute Gasteiger partial charge is 0.445 e. The topological polar surface area (TPSA) is 46.6 Å². The molecule has 0 bridgehead atoms. The summed E-state index contributed by atoms with van der Waals surface area (Å²) in [5.41, 5.74) is 1.83. The van der Waals surface area contributed by atoms with E-state index in [1.165, 1.54) is 0 Å². The molecule has 4 heteroatoms. The van der Waals surface area contributed by atoms with Crippen LogP contribution in [0.3, 0.4) is 0 Å². The highest BCUT2D eigenvalue weighted by atomic mass is 16.6. The van der Waals surface area contributed by atoms with Crippen LogP contribution in [-0.4, -0.2) is 29.4 Å². The smallest absolute Gasteiger partial charge is 0.410 e. The van der Waals surface area contributed by atoms with Gasteiger partial charge in [0.2, 0.25) is 0 Å². The average Bonchev–Trinajstić information content (AvgIpc) is 2.93. The molecule has 1 saturated heterocycles. The van der Waals surface area contributed by atoms with Gasteiger partial charge in [-0.2, -0.15) is 0 Å². The van der Waals surface area contributed by atoms with Gasteiger partial charge in [-0.05, 0) is 36.8 Å². The maximum atomic E-state index is 12.3. The SMILES string of the molecule is O=C(C1=CCC1)C1CCCN1C(=O)OCc1ccccc1. The van der Waals surface area contributed by atoms with Crippen LogP contribution in [0.1, 0.15) is 31.2 Å². The first-order valence-electron chi connectivity index (χ1n) is 7.46. The van der Waals surface area contributed by atoms with Gasteiger partial charge in [0.1, 0.15) is 6.61 Å². The van der Waals surface area contributed by atoms with Crippen molar-refractivity contribution < 1.29 is 14.3 Å². The van der Waals surface area contributed by atoms with Crippen LogP contribution >= 0.6 is 0 Å². The Hall–Kier alpha value is -2.10. The van der Waals surface area contributed by atoms with Crippen LogP contribution in [0.2, 0.25) is 0 Å². The summed E-state index contributed by atoms with van der Waals surface area (Å²) in [6.07, 6.45) is 5.03. The molecule has 0 spiro atoms. The number of amides is 1. The van der Waals surface area contributed by atoms with Gasteiger partial charge in [0, 0.05) is 6.54 Å². The Balaban J connectivity index is 1.59. The van der Waals surface area contributed by atoms with Gasteiger partial charge in [-0.25, -0.2) is 4.79 Å². The van der Waals surface area contributed by atoms with E-state index in [2.05, 4.69) is 0 Å². The minimum atomic E-state index is -0.380. The lowest BCUT2D eigenvalue weighted by Gasteiger charge is -2.25. The number of hydrogen-bond donors (Lipinski definition) is 0. The molecule has 110 valence electrons. The highest BCUT2D eigenvalue weighted by molar-refractivity contribution is 6.02. The van der Waals surface area contributed by atoms with Crippen LogP contribution in [0.4, 0.5) is 4.79 Å². The lowest BCUT2D eigenvalue weighted by atomic mass is 9.90. The Morgan fingerprint density at radius 2 is 2.00 bits per heavy atom. The van der Waals surface area contributed by atoms with Gasteiger partial charge in [-0.15, -0.1) is 0 Å². The molecule has 3 rings (SSSR count). The van der Waals surface area contributed by atoms with Crippen LogP contribution in [-0.2, 0) is 16.1 Å². The van der Waals surface area contributed by atoms with Crippen molar-refractivity contribution in [2.24, 2.45) is 0 Å². The van der Waals surface area contributed by atoms with Crippen molar-refractivity contribution in [2.45, 2.75) is 38.3 Å². The highest BCUT2D eigenvalue weighted by Crippen LogP contribution is 2.27. The molecule has 1 aliphatic heterocycles. The van der Waals surface area contributed by atoms with E-state index in [1.54, 1.807) is 4.90 Å². The summed E-state index contributed by atoms with van der Waals surface area (Å²) in [5, 5.41) is 0. The third-order valence-electron chi connectivity index (χ3n) is 4.12. The number of Topliss-reactive ketones (excluding diaryl/α,β-unsaturated/α-hetero) is 1. The standard InChI is InChI=1S/C17H19NO3/c19-16(14-8-4-9-14)15-10-5-11-18(15)17(20)21-12-13-6-2-1-3-7-13/h1-3,6-8,15H,4-5,9-12H2. The number of nitrogens with zero attached hydrogens (tertiary/aromatic N) is 1. The summed E-state index contributed by atoms with van der Waals surface area (Å²) in [7, 11) is 0. The van der Waals surface area contributed by atoms with Crippen LogP contribution in [0.25, 0.3) is 0 Å². The van der Waals surface area contributed by atoms with E-state index in [4.69, 9.17) is 4.74 Å². The lowest BCUT2D eigenvalue weighted by molar-refractivity contribution is -0.119. The number of carbonyl (C=O) groups is 2. The first-order valence-corrected chi connectivity index (χ1v) is 7.46. The van der Waals surface area contributed by atoms with E-state index < -0.39 is 0 Å². The Labute approximate surface area is 124 Å². The van der Waals surface area contributed by atoms with Crippen molar-refractivity contribution in [2.75, 3.05) is 6.54 Å². The lowest BCUT2D eigenvalue weighted by Crippen LogP contribution is -2.41. The fourth-order valence-corrected chi connectivity index (χ4v) is 2.79. The molecule has 1 atom stereocenters. The Bertz CT molecular complexity index is 565. The second kappa shape index (κ2) is 6.12. The molecule has 1 heterocycles. The van der Waals surface area contributed by atoms with Crippen LogP contribution in [0, 0.1) is 0 Å². The summed E-state index contributed by atoms with van der Waals surface area (Å²) in [6, 6.07) is 9.26. The van der Waals surface area contributed by atoms with Gasteiger partial charge in [-0.1, -0.05) is 36.4 Å². The van der Waals surface area contributed by atoms with Crippen molar-refractivity contribution in [1.82, 2.24) is 4.90 Å². The number of likely N-dealkylation sites (tertiary alicyclic amines) is 1. The molecule has 1 aromatic carbocycles. The quantitative estimate of drug-likeness (QED) is 0.854. The van der Waals surface area contributed by atoms with E-state index in [0.717, 1.165) is 36.8 Å². The van der Waals surface area contributed by atoms with Gasteiger partial charge < -0.3 is 4.74 Å². The van der Waals surface area contributed by atoms with E-state index in [-0.39, 0.29) is 24.5 Å². The molecule has 1 amide bonds. The van der Waals surface area contributed by atoms with E-state index in [0.29, 0.717) is 6.54 Å². The molecule has 1 aromatic rings. The minimum Gasteiger partial charge on any atom is -0.445 e. The van der Waals surface area contributed by atoms with Crippen molar-refractivity contribution in [3.05, 3.63) is 47.5 Å². The third-order valence-corrected chi connectivity index (χ3v) is 4.12. The first kappa shape index (κ1) is 13.9. The second-order valence-electron chi connectivity index (χ2n) is 5.52. The average molecular weight is 285 g/mol. The fourth-order valence-electron chi connectivity index (χ4n) is 2.79. The summed E-state index contributed by atoms with van der Waals surface area (Å²) in [4.78, 5) is 26.1. The number of ketones is 1. The molecule has 21 heavy (non-hydrogen) atoms. The maximum Gasteiger partial charge on any atom is 0.410 e. The number of rotatable bonds is 4. The highest BCUT2D eigenvalue weighted by Gasteiger charge is 2.36. The van der Waals surface area contributed by atoms with Gasteiger partial charge in [0.15, 0.2) is 5.78 Å². The zero-order valence-corrected chi connectivity index (χ0v) is 12.0. The predicted molar refractivity (Wildman–Crippen MR) is 78.7 cm³/mol. The molecule has 1 fully saturated rings. The van der Waals surface area contributed by atoms with Gasteiger partial charge in [0.05, 0.1) is 6.04 Å². The summed E-state index contributed by atoms with van der Waals surface area (Å²) < 4.78 is 5.34. The first-order chi connectivity index (χ1) is 10.3. The monoisotopic (exact) mass is 285 g/mol. The Morgan fingerprint density at radius 3 is 2.67 bits per heavy atom. The molecule has 1 unspecified atom stereocenters. The molecule has 0 radical (unpaired) electrons. The van der Waals surface area contributed by atoms with Crippen molar-refractivity contribution >= 4 is 11.9 Å². The van der Waals surface area contributed by atoms with Crippen LogP contribution < -0.4 is 0 Å². The van der Waals surface area contributed by atoms with Gasteiger partial charge in [0.25, 0.3) is 0 Å². The molecule has 2 aliphatic rings. The van der Waals surface area contributed by atoms with Gasteiger partial charge in [-0.3, -0.25) is 9.69 Å². The third kappa shape index (κ3) is 2.99. The maximum absolute atomic E-state index is 12.3. The van der Waals surface area contributed by atoms with Crippen molar-refractivity contribution in [1.29, 1.82) is 0 Å². The summed E-state index contributed by atoms with van der Waals surface area (Å²) in [5.74, 6) is 0.107. The summed E-state index contributed by atoms with van der Waals surface area (Å²) in [6.45, 7) is 0.858. The van der Waals surface area contributed by atoms with E-state index >= 15 is 0 Å². The molecule has 0 aromatic heterocycles. The molecule has 4 nitrogen and oxygen atoms in total. The van der Waals surface area contributed by atoms with Crippen LogP contribution in [0.5, 0.6) is 0 Å². The molecule has 0 saturated carbocycles. The predicted octanol–water partition coefficient (Wildman–Crippen LogP) is 3.08. The fraction of sp³-hybridized carbons (Fsp3) is 0.412. The number of carbonyl (C=O) groups excluding carboxylic acids is 2. The van der Waals surface area contributed by atoms with Gasteiger partial charge >= 0.3 is 6.09 Å². The number of allylic oxidation sites excluding steroid dienone is 1. The Morgan fingerprint density at radius 1 is 1.24 bits per heavy atom. The number of ether oxygens (including phenoxy) is 1. The molecular weight excluding hydrogens is 266 g/mol. The normalized spacial score (nSPS) is 20.7. The zero-order chi connectivity index (χ0) is 14.7. The van der Waals surface area contributed by atoms with Crippen LogP contribution in [0.15, 0.2) is 42.0 Å². The second-order valence-corrected chi connectivity index (χ2v) is 5.52. The van der Waals surface area contributed by atoms with E-state index in [9.17, 15) is 9.59 Å². The van der Waals surface area contributed by atoms with Crippen molar-refractivity contribution in [3.63, 3.8) is 0 Å². The molecule has 0 N–H and O–H groups in total. The molecule has 1 aliphatic carbocycles. The number of benzene rings is 1. The van der Waals surface area contributed by atoms with Crippen molar-refractivity contribution in [3.8, 4) is 0 Å².